The number of para-hydroxylation sites is 1. The van der Waals surface area contributed by atoms with Gasteiger partial charge in [0.15, 0.2) is 5.13 Å². The van der Waals surface area contributed by atoms with Gasteiger partial charge in [0.05, 0.1) is 22.1 Å². The number of thiazole rings is 1. The van der Waals surface area contributed by atoms with Crippen molar-refractivity contribution in [2.75, 3.05) is 11.9 Å². The lowest BCUT2D eigenvalue weighted by atomic mass is 9.85. The number of aryl methyl sites for hydroxylation is 1. The van der Waals surface area contributed by atoms with Gasteiger partial charge in [-0.1, -0.05) is 35.6 Å². The number of rotatable bonds is 4. The number of fused-ring (bicyclic) bond motifs is 2. The van der Waals surface area contributed by atoms with Crippen LogP contribution in [0.4, 0.5) is 5.13 Å². The Morgan fingerprint density at radius 2 is 1.92 bits per heavy atom. The van der Waals surface area contributed by atoms with Crippen molar-refractivity contribution in [3.8, 4) is 0 Å². The number of nitrogens with one attached hydrogen (secondary N) is 1. The number of likely N-dealkylation sites (tertiary alicyclic amines) is 1. The van der Waals surface area contributed by atoms with Gasteiger partial charge >= 0.3 is 0 Å². The highest BCUT2D eigenvalue weighted by atomic mass is 32.1. The van der Waals surface area contributed by atoms with Crippen LogP contribution in [0.15, 0.2) is 30.4 Å². The Kier molecular flexibility index (Phi) is 4.32. The molecule has 0 radical (unpaired) electrons. The van der Waals surface area contributed by atoms with Crippen molar-refractivity contribution >= 4 is 44.4 Å². The van der Waals surface area contributed by atoms with Crippen molar-refractivity contribution in [1.29, 1.82) is 0 Å². The van der Waals surface area contributed by atoms with E-state index in [0.717, 1.165) is 15.8 Å². The quantitative estimate of drug-likeness (QED) is 0.664. The average molecular weight is 369 g/mol. The van der Waals surface area contributed by atoms with Crippen molar-refractivity contribution in [2.45, 2.75) is 26.2 Å². The Labute approximate surface area is 154 Å². The fourth-order valence-corrected chi connectivity index (χ4v) is 4.58. The minimum absolute atomic E-state index is 0.0826. The maximum absolute atomic E-state index is 12.4. The zero-order chi connectivity index (χ0) is 18.3. The molecule has 1 saturated heterocycles. The second kappa shape index (κ2) is 6.64. The Bertz CT molecular complexity index is 907. The molecular weight excluding hydrogens is 350 g/mol. The van der Waals surface area contributed by atoms with E-state index in [1.807, 2.05) is 37.3 Å². The minimum Gasteiger partial charge on any atom is -0.302 e. The molecule has 7 heteroatoms. The van der Waals surface area contributed by atoms with E-state index < -0.39 is 0 Å². The first-order chi connectivity index (χ1) is 12.5. The van der Waals surface area contributed by atoms with Gasteiger partial charge in [0.1, 0.15) is 0 Å². The number of amides is 3. The number of anilines is 1. The van der Waals surface area contributed by atoms with Crippen LogP contribution < -0.4 is 5.32 Å². The number of imide groups is 1. The molecule has 0 bridgehead atoms. The molecule has 0 unspecified atom stereocenters. The highest BCUT2D eigenvalue weighted by molar-refractivity contribution is 7.22. The molecule has 1 aliphatic heterocycles. The van der Waals surface area contributed by atoms with Gasteiger partial charge in [-0.05, 0) is 31.4 Å². The van der Waals surface area contributed by atoms with Crippen molar-refractivity contribution < 1.29 is 14.4 Å². The molecule has 1 aromatic carbocycles. The topological polar surface area (TPSA) is 79.4 Å². The fraction of sp³-hybridized carbons (Fsp3) is 0.368. The van der Waals surface area contributed by atoms with Crippen LogP contribution in [0.3, 0.4) is 0 Å². The molecule has 2 aromatic rings. The molecule has 26 heavy (non-hydrogen) atoms. The summed E-state index contributed by atoms with van der Waals surface area (Å²) in [5, 5.41) is 3.32. The first-order valence-electron chi connectivity index (χ1n) is 8.71. The lowest BCUT2D eigenvalue weighted by molar-refractivity contribution is -0.140. The normalized spacial score (nSPS) is 22.1. The van der Waals surface area contributed by atoms with Gasteiger partial charge in [0, 0.05) is 13.0 Å². The first-order valence-corrected chi connectivity index (χ1v) is 9.52. The molecule has 1 aliphatic carbocycles. The largest absolute Gasteiger partial charge is 0.302 e. The minimum atomic E-state index is -0.247. The van der Waals surface area contributed by atoms with Crippen LogP contribution in [0.5, 0.6) is 0 Å². The Balaban J connectivity index is 1.38. The Hall–Kier alpha value is -2.54. The lowest BCUT2D eigenvalue weighted by Gasteiger charge is -2.14. The molecule has 1 N–H and O–H groups in total. The first kappa shape index (κ1) is 16.9. The number of aromatic nitrogens is 1. The Morgan fingerprint density at radius 1 is 1.23 bits per heavy atom. The lowest BCUT2D eigenvalue weighted by Crippen LogP contribution is -2.34. The maximum atomic E-state index is 12.4. The number of benzene rings is 1. The molecule has 134 valence electrons. The summed E-state index contributed by atoms with van der Waals surface area (Å²) in [4.78, 5) is 42.8. The molecule has 2 aliphatic rings. The molecule has 2 atom stereocenters. The SMILES string of the molecule is Cc1cccc2sc(NC(=O)CCN3C(=O)[C@@H]4CC=CC[C@H]4C3=O)nc12. The van der Waals surface area contributed by atoms with Crippen LogP contribution >= 0.6 is 11.3 Å². The van der Waals surface area contributed by atoms with E-state index in [9.17, 15) is 14.4 Å². The standard InChI is InChI=1S/C19H19N3O3S/c1-11-5-4-8-14-16(11)21-19(26-14)20-15(23)9-10-22-17(24)12-6-2-3-7-13(12)18(22)25/h2-5,8,12-13H,6-7,9-10H2,1H3,(H,20,21,23)/t12-,13-/m1/s1. The van der Waals surface area contributed by atoms with Gasteiger partial charge in [-0.3, -0.25) is 19.3 Å². The van der Waals surface area contributed by atoms with Crippen LogP contribution in [-0.2, 0) is 14.4 Å². The van der Waals surface area contributed by atoms with Crippen LogP contribution in [0.1, 0.15) is 24.8 Å². The van der Waals surface area contributed by atoms with E-state index in [2.05, 4.69) is 10.3 Å². The molecule has 1 aromatic heterocycles. The maximum Gasteiger partial charge on any atom is 0.233 e. The van der Waals surface area contributed by atoms with Crippen LogP contribution in [-0.4, -0.2) is 34.2 Å². The summed E-state index contributed by atoms with van der Waals surface area (Å²) in [6.07, 6.45) is 5.22. The van der Waals surface area contributed by atoms with Crippen LogP contribution in [0.25, 0.3) is 10.2 Å². The zero-order valence-corrected chi connectivity index (χ0v) is 15.2. The highest BCUT2D eigenvalue weighted by Gasteiger charge is 2.46. The molecule has 3 amide bonds. The summed E-state index contributed by atoms with van der Waals surface area (Å²) >= 11 is 1.42. The molecule has 4 rings (SSSR count). The molecule has 0 saturated carbocycles. The van der Waals surface area contributed by atoms with Crippen molar-refractivity contribution in [3.05, 3.63) is 35.9 Å². The van der Waals surface area contributed by atoms with E-state index in [4.69, 9.17) is 0 Å². The summed E-state index contributed by atoms with van der Waals surface area (Å²) < 4.78 is 1.02. The van der Waals surface area contributed by atoms with E-state index in [1.54, 1.807) is 0 Å². The third-order valence-electron chi connectivity index (χ3n) is 5.03. The van der Waals surface area contributed by atoms with Gasteiger partial charge in [-0.25, -0.2) is 4.98 Å². The predicted octanol–water partition coefficient (Wildman–Crippen LogP) is 2.88. The molecule has 1 fully saturated rings. The number of hydrogen-bond acceptors (Lipinski definition) is 5. The number of carbonyl (C=O) groups excluding carboxylic acids is 3. The van der Waals surface area contributed by atoms with Crippen molar-refractivity contribution in [3.63, 3.8) is 0 Å². The van der Waals surface area contributed by atoms with Gasteiger partial charge < -0.3 is 5.32 Å². The summed E-state index contributed by atoms with van der Waals surface area (Å²) in [5.41, 5.74) is 1.94. The van der Waals surface area contributed by atoms with Gasteiger partial charge in [-0.2, -0.15) is 0 Å². The van der Waals surface area contributed by atoms with Crippen molar-refractivity contribution in [2.24, 2.45) is 11.8 Å². The fourth-order valence-electron chi connectivity index (χ4n) is 3.62. The van der Waals surface area contributed by atoms with Gasteiger partial charge in [-0.15, -0.1) is 0 Å². The van der Waals surface area contributed by atoms with E-state index in [0.29, 0.717) is 18.0 Å². The van der Waals surface area contributed by atoms with Gasteiger partial charge in [0.2, 0.25) is 17.7 Å². The highest BCUT2D eigenvalue weighted by Crippen LogP contribution is 2.35. The van der Waals surface area contributed by atoms with Crippen LogP contribution in [0, 0.1) is 18.8 Å². The second-order valence-electron chi connectivity index (χ2n) is 6.72. The molecule has 2 heterocycles. The second-order valence-corrected chi connectivity index (χ2v) is 7.75. The third-order valence-corrected chi connectivity index (χ3v) is 5.96. The van der Waals surface area contributed by atoms with E-state index in [1.165, 1.54) is 16.2 Å². The monoisotopic (exact) mass is 369 g/mol. The molecule has 0 spiro atoms. The third kappa shape index (κ3) is 2.92. The summed E-state index contributed by atoms with van der Waals surface area (Å²) in [5.74, 6) is -1.03. The Morgan fingerprint density at radius 3 is 2.58 bits per heavy atom. The zero-order valence-electron chi connectivity index (χ0n) is 14.4. The number of allylic oxidation sites excluding steroid dienone is 2. The molecular formula is C19H19N3O3S. The molecule has 6 nitrogen and oxygen atoms in total. The average Bonchev–Trinajstić information content (AvgIpc) is 3.14. The van der Waals surface area contributed by atoms with Crippen LogP contribution in [0.2, 0.25) is 0 Å². The number of nitrogens with zero attached hydrogens (tertiary/aromatic N) is 2. The smallest absolute Gasteiger partial charge is 0.233 e. The summed E-state index contributed by atoms with van der Waals surface area (Å²) in [6.45, 7) is 2.10. The van der Waals surface area contributed by atoms with E-state index >= 15 is 0 Å². The number of carbonyl (C=O) groups is 3. The van der Waals surface area contributed by atoms with Crippen molar-refractivity contribution in [1.82, 2.24) is 9.88 Å². The predicted molar refractivity (Wildman–Crippen MR) is 99.7 cm³/mol. The summed E-state index contributed by atoms with van der Waals surface area (Å²) in [7, 11) is 0. The van der Waals surface area contributed by atoms with E-state index in [-0.39, 0.29) is 42.5 Å². The van der Waals surface area contributed by atoms with Gasteiger partial charge in [0.25, 0.3) is 0 Å². The summed E-state index contributed by atoms with van der Waals surface area (Å²) in [6, 6.07) is 5.90. The number of hydrogen-bond donors (Lipinski definition) is 1.